The van der Waals surface area contributed by atoms with E-state index in [9.17, 15) is 9.59 Å². The minimum Gasteiger partial charge on any atom is -0.481 e. The molecule has 0 amide bonds. The van der Waals surface area contributed by atoms with Gasteiger partial charge in [0.1, 0.15) is 0 Å². The van der Waals surface area contributed by atoms with Crippen molar-refractivity contribution in [2.24, 2.45) is 5.92 Å². The lowest BCUT2D eigenvalue weighted by Gasteiger charge is -2.04. The molecule has 0 aliphatic rings. The van der Waals surface area contributed by atoms with Crippen molar-refractivity contribution >= 4 is 11.9 Å². The van der Waals surface area contributed by atoms with Crippen LogP contribution in [0.3, 0.4) is 0 Å². The van der Waals surface area contributed by atoms with Crippen LogP contribution >= 0.6 is 0 Å². The molecule has 0 rings (SSSR count). The molecule has 44 heavy (non-hydrogen) atoms. The van der Waals surface area contributed by atoms with Gasteiger partial charge in [0.15, 0.2) is 0 Å². The Kier molecular flexibility index (Phi) is 40.9. The van der Waals surface area contributed by atoms with Crippen molar-refractivity contribution in [3.63, 3.8) is 0 Å². The molecule has 2 N–H and O–H groups in total. The van der Waals surface area contributed by atoms with Crippen LogP contribution in [0.25, 0.3) is 0 Å². The van der Waals surface area contributed by atoms with Crippen molar-refractivity contribution in [1.29, 1.82) is 0 Å². The maximum Gasteiger partial charge on any atom is 0.303 e. The zero-order valence-electron chi connectivity index (χ0n) is 30.3. The molecule has 0 heterocycles. The molecular formula is C40H80O4. The molecule has 4 nitrogen and oxygen atoms in total. The maximum absolute atomic E-state index is 10.4. The van der Waals surface area contributed by atoms with Crippen molar-refractivity contribution in [2.75, 3.05) is 0 Å². The molecule has 264 valence electrons. The minimum atomic E-state index is -0.654. The lowest BCUT2D eigenvalue weighted by atomic mass is 10.0. The smallest absolute Gasteiger partial charge is 0.303 e. The second kappa shape index (κ2) is 40.0. The van der Waals surface area contributed by atoms with Gasteiger partial charge in [0.25, 0.3) is 0 Å². The first-order valence-electron chi connectivity index (χ1n) is 19.8. The summed E-state index contributed by atoms with van der Waals surface area (Å²) in [5.74, 6) is -0.439. The molecule has 0 aromatic heterocycles. The average molecular weight is 625 g/mol. The van der Waals surface area contributed by atoms with Crippen LogP contribution in [0.15, 0.2) is 0 Å². The summed E-state index contributed by atoms with van der Waals surface area (Å²) in [4.78, 5) is 20.7. The Morgan fingerprint density at radius 1 is 0.364 bits per heavy atom. The fourth-order valence-electron chi connectivity index (χ4n) is 5.95. The zero-order valence-corrected chi connectivity index (χ0v) is 30.3. The Morgan fingerprint density at radius 2 is 0.568 bits per heavy atom. The van der Waals surface area contributed by atoms with Crippen LogP contribution in [0.4, 0.5) is 0 Å². The Balaban J connectivity index is 0. The third kappa shape index (κ3) is 47.9. The molecule has 0 aromatic carbocycles. The van der Waals surface area contributed by atoms with Crippen LogP contribution in [0.1, 0.15) is 239 Å². The summed E-state index contributed by atoms with van der Waals surface area (Å²) in [6.45, 7) is 6.90. The van der Waals surface area contributed by atoms with Gasteiger partial charge in [-0.3, -0.25) is 9.59 Å². The van der Waals surface area contributed by atoms with Gasteiger partial charge in [-0.1, -0.05) is 213 Å². The molecule has 0 aromatic rings. The molecule has 0 bridgehead atoms. The van der Waals surface area contributed by atoms with Gasteiger partial charge in [0.2, 0.25) is 0 Å². The van der Waals surface area contributed by atoms with Gasteiger partial charge in [-0.25, -0.2) is 0 Å². The highest BCUT2D eigenvalue weighted by molar-refractivity contribution is 5.66. The van der Waals surface area contributed by atoms with E-state index in [1.807, 2.05) is 0 Å². The standard InChI is InChI=1S/C22H44O2.C18H36O2/c1-2-3-4-5-6-7-8-9-10-11-12-13-14-15-16-17-18-19-20-21-22(23)24;1-17(2)15-13-11-9-7-5-3-4-6-8-10-12-14-16-18(19)20/h2-21H2,1H3,(H,23,24);17H,3-16H2,1-2H3,(H,19,20). The summed E-state index contributed by atoms with van der Waals surface area (Å²) in [6.07, 6.45) is 43.4. The summed E-state index contributed by atoms with van der Waals surface area (Å²) < 4.78 is 0. The van der Waals surface area contributed by atoms with Crippen molar-refractivity contribution in [3.8, 4) is 0 Å². The average Bonchev–Trinajstić information content (AvgIpc) is 2.98. The highest BCUT2D eigenvalue weighted by atomic mass is 16.4. The summed E-state index contributed by atoms with van der Waals surface area (Å²) >= 11 is 0. The van der Waals surface area contributed by atoms with Gasteiger partial charge >= 0.3 is 11.9 Å². The first-order valence-corrected chi connectivity index (χ1v) is 19.8. The third-order valence-corrected chi connectivity index (χ3v) is 8.92. The topological polar surface area (TPSA) is 74.6 Å². The van der Waals surface area contributed by atoms with Crippen LogP contribution in [-0.4, -0.2) is 22.2 Å². The molecule has 0 spiro atoms. The van der Waals surface area contributed by atoms with E-state index in [1.165, 1.54) is 180 Å². The van der Waals surface area contributed by atoms with Crippen LogP contribution in [0.2, 0.25) is 0 Å². The summed E-state index contributed by atoms with van der Waals surface area (Å²) in [6, 6.07) is 0. The molecular weight excluding hydrogens is 544 g/mol. The summed E-state index contributed by atoms with van der Waals surface area (Å²) in [7, 11) is 0. The van der Waals surface area contributed by atoms with Gasteiger partial charge in [-0.05, 0) is 18.8 Å². The van der Waals surface area contributed by atoms with E-state index in [1.54, 1.807) is 0 Å². The van der Waals surface area contributed by atoms with E-state index in [2.05, 4.69) is 20.8 Å². The normalized spacial score (nSPS) is 11.1. The zero-order chi connectivity index (χ0) is 32.8. The monoisotopic (exact) mass is 625 g/mol. The lowest BCUT2D eigenvalue weighted by molar-refractivity contribution is -0.138. The molecule has 0 saturated heterocycles. The third-order valence-electron chi connectivity index (χ3n) is 8.92. The number of unbranched alkanes of at least 4 members (excludes halogenated alkanes) is 29. The van der Waals surface area contributed by atoms with Crippen LogP contribution in [-0.2, 0) is 9.59 Å². The predicted molar refractivity (Wildman–Crippen MR) is 193 cm³/mol. The number of aliphatic carboxylic acids is 2. The number of hydrogen-bond donors (Lipinski definition) is 2. The quantitative estimate of drug-likeness (QED) is 0.0688. The highest BCUT2D eigenvalue weighted by Crippen LogP contribution is 2.16. The van der Waals surface area contributed by atoms with Crippen molar-refractivity contribution < 1.29 is 19.8 Å². The number of carboxylic acids is 2. The van der Waals surface area contributed by atoms with Gasteiger partial charge < -0.3 is 10.2 Å². The Hall–Kier alpha value is -1.06. The summed E-state index contributed by atoms with van der Waals surface area (Å²) in [5.41, 5.74) is 0. The fraction of sp³-hybridized carbons (Fsp3) is 0.950. The van der Waals surface area contributed by atoms with E-state index >= 15 is 0 Å². The largest absolute Gasteiger partial charge is 0.481 e. The van der Waals surface area contributed by atoms with Gasteiger partial charge in [0, 0.05) is 12.8 Å². The molecule has 0 aliphatic heterocycles. The van der Waals surface area contributed by atoms with Gasteiger partial charge in [0.05, 0.1) is 0 Å². The van der Waals surface area contributed by atoms with Crippen molar-refractivity contribution in [1.82, 2.24) is 0 Å². The van der Waals surface area contributed by atoms with E-state index in [-0.39, 0.29) is 0 Å². The Labute approximate surface area is 276 Å². The lowest BCUT2D eigenvalue weighted by Crippen LogP contribution is -1.93. The highest BCUT2D eigenvalue weighted by Gasteiger charge is 1.99. The molecule has 0 saturated carbocycles. The molecule has 4 heteroatoms. The molecule has 0 aliphatic carbocycles. The second-order valence-corrected chi connectivity index (χ2v) is 14.1. The number of carboxylic acid groups (broad SMARTS) is 2. The SMILES string of the molecule is CC(C)CCCCCCCCCCCCCCC(=O)O.CCCCCCCCCCCCCCCCCCCCCC(=O)O. The van der Waals surface area contributed by atoms with E-state index < -0.39 is 11.9 Å². The number of rotatable bonds is 35. The molecule has 0 fully saturated rings. The molecule has 0 unspecified atom stereocenters. The van der Waals surface area contributed by atoms with E-state index in [0.717, 1.165) is 31.6 Å². The number of hydrogen-bond acceptors (Lipinski definition) is 2. The predicted octanol–water partition coefficient (Wildman–Crippen LogP) is 14.1. The molecule has 0 atom stereocenters. The van der Waals surface area contributed by atoms with E-state index in [0.29, 0.717) is 12.8 Å². The summed E-state index contributed by atoms with van der Waals surface area (Å²) in [5, 5.41) is 17.1. The van der Waals surface area contributed by atoms with Gasteiger partial charge in [-0.2, -0.15) is 0 Å². The van der Waals surface area contributed by atoms with Crippen LogP contribution in [0, 0.1) is 5.92 Å². The van der Waals surface area contributed by atoms with E-state index in [4.69, 9.17) is 10.2 Å². The van der Waals surface area contributed by atoms with Crippen molar-refractivity contribution in [2.45, 2.75) is 239 Å². The van der Waals surface area contributed by atoms with Gasteiger partial charge in [-0.15, -0.1) is 0 Å². The second-order valence-electron chi connectivity index (χ2n) is 14.1. The first-order chi connectivity index (χ1) is 21.4. The number of carbonyl (C=O) groups is 2. The Morgan fingerprint density at radius 3 is 0.773 bits per heavy atom. The fourth-order valence-corrected chi connectivity index (χ4v) is 5.95. The minimum absolute atomic E-state index is 0.344. The molecule has 0 radical (unpaired) electrons. The maximum atomic E-state index is 10.4. The van der Waals surface area contributed by atoms with Crippen LogP contribution in [0.5, 0.6) is 0 Å². The Bertz CT molecular complexity index is 560. The first kappa shape index (κ1) is 45.1. The van der Waals surface area contributed by atoms with Crippen LogP contribution < -0.4 is 0 Å². The van der Waals surface area contributed by atoms with Crippen molar-refractivity contribution in [3.05, 3.63) is 0 Å².